The molecule has 2 rings (SSSR count). The van der Waals surface area contributed by atoms with E-state index in [0.29, 0.717) is 24.9 Å². The van der Waals surface area contributed by atoms with Crippen molar-refractivity contribution in [2.24, 2.45) is 35.5 Å². The Morgan fingerprint density at radius 2 is 1.52 bits per heavy atom. The Kier molecular flexibility index (Phi) is 4.74. The van der Waals surface area contributed by atoms with E-state index in [1.54, 1.807) is 0 Å². The highest BCUT2D eigenvalue weighted by molar-refractivity contribution is 5.87. The SMILES string of the molecule is CC(C)CN(CC(C)C)C(=O)[C@@H]1[C@H](C(=O)O)[C@H]2C=C[C@H]1C2. The van der Waals surface area contributed by atoms with Crippen molar-refractivity contribution in [2.45, 2.75) is 34.1 Å². The van der Waals surface area contributed by atoms with Gasteiger partial charge >= 0.3 is 5.97 Å². The molecule has 1 saturated carbocycles. The molecule has 0 saturated heterocycles. The van der Waals surface area contributed by atoms with Gasteiger partial charge in [-0.3, -0.25) is 9.59 Å². The lowest BCUT2D eigenvalue weighted by molar-refractivity contribution is -0.151. The maximum Gasteiger partial charge on any atom is 0.307 e. The first-order valence-electron chi connectivity index (χ1n) is 8.01. The van der Waals surface area contributed by atoms with Crippen LogP contribution in [0.2, 0.25) is 0 Å². The lowest BCUT2D eigenvalue weighted by Crippen LogP contribution is -2.45. The molecule has 21 heavy (non-hydrogen) atoms. The summed E-state index contributed by atoms with van der Waals surface area (Å²) in [4.78, 5) is 26.4. The molecule has 0 aromatic heterocycles. The van der Waals surface area contributed by atoms with Gasteiger partial charge in [0.2, 0.25) is 5.91 Å². The molecule has 118 valence electrons. The Labute approximate surface area is 127 Å². The molecule has 1 amide bonds. The van der Waals surface area contributed by atoms with Gasteiger partial charge in [0.1, 0.15) is 0 Å². The van der Waals surface area contributed by atoms with E-state index in [2.05, 4.69) is 33.8 Å². The van der Waals surface area contributed by atoms with Gasteiger partial charge in [0.25, 0.3) is 0 Å². The standard InChI is InChI=1S/C17H27NO3/c1-10(2)8-18(9-11(3)4)16(19)14-12-5-6-13(7-12)15(14)17(20)21/h5-6,10-15H,7-9H2,1-4H3,(H,20,21)/t12-,13-,14-,15+/m0/s1. The van der Waals surface area contributed by atoms with Crippen LogP contribution in [-0.2, 0) is 9.59 Å². The van der Waals surface area contributed by atoms with Crippen molar-refractivity contribution in [3.63, 3.8) is 0 Å². The number of hydrogen-bond donors (Lipinski definition) is 1. The lowest BCUT2D eigenvalue weighted by Gasteiger charge is -2.33. The number of carbonyl (C=O) groups excluding carboxylic acids is 1. The minimum atomic E-state index is -0.820. The van der Waals surface area contributed by atoms with Gasteiger partial charge in [0.15, 0.2) is 0 Å². The van der Waals surface area contributed by atoms with Crippen LogP contribution in [0, 0.1) is 35.5 Å². The second-order valence-corrected chi connectivity index (χ2v) is 7.37. The van der Waals surface area contributed by atoms with E-state index in [1.807, 2.05) is 11.0 Å². The van der Waals surface area contributed by atoms with Gasteiger partial charge in [-0.2, -0.15) is 0 Å². The molecule has 0 heterocycles. The number of nitrogens with zero attached hydrogens (tertiary/aromatic N) is 1. The van der Waals surface area contributed by atoms with E-state index in [0.717, 1.165) is 6.42 Å². The van der Waals surface area contributed by atoms with Crippen molar-refractivity contribution in [3.8, 4) is 0 Å². The quantitative estimate of drug-likeness (QED) is 0.766. The van der Waals surface area contributed by atoms with Crippen LogP contribution < -0.4 is 0 Å². The number of amides is 1. The molecule has 4 atom stereocenters. The van der Waals surface area contributed by atoms with Crippen LogP contribution >= 0.6 is 0 Å². The fraction of sp³-hybridized carbons (Fsp3) is 0.765. The molecule has 2 bridgehead atoms. The Balaban J connectivity index is 2.19. The number of hydrogen-bond acceptors (Lipinski definition) is 2. The number of allylic oxidation sites excluding steroid dienone is 2. The fourth-order valence-electron chi connectivity index (χ4n) is 3.84. The number of carboxylic acid groups (broad SMARTS) is 1. The van der Waals surface area contributed by atoms with Gasteiger partial charge in [0, 0.05) is 13.1 Å². The zero-order valence-corrected chi connectivity index (χ0v) is 13.5. The van der Waals surface area contributed by atoms with Crippen LogP contribution in [0.15, 0.2) is 12.2 Å². The van der Waals surface area contributed by atoms with E-state index in [4.69, 9.17) is 0 Å². The molecule has 0 spiro atoms. The maximum atomic E-state index is 12.9. The minimum absolute atomic E-state index is 0.0430. The average Bonchev–Trinajstić information content (AvgIpc) is 2.95. The highest BCUT2D eigenvalue weighted by Crippen LogP contribution is 2.48. The molecular weight excluding hydrogens is 266 g/mol. The summed E-state index contributed by atoms with van der Waals surface area (Å²) in [6.45, 7) is 9.79. The number of rotatable bonds is 6. The number of aliphatic carboxylic acids is 1. The summed E-state index contributed by atoms with van der Waals surface area (Å²) in [7, 11) is 0. The van der Waals surface area contributed by atoms with Gasteiger partial charge in [-0.1, -0.05) is 39.8 Å². The van der Waals surface area contributed by atoms with E-state index in [-0.39, 0.29) is 23.7 Å². The molecule has 1 fully saturated rings. The van der Waals surface area contributed by atoms with E-state index in [1.165, 1.54) is 0 Å². The summed E-state index contributed by atoms with van der Waals surface area (Å²) in [5.41, 5.74) is 0. The molecule has 0 radical (unpaired) electrons. The maximum absolute atomic E-state index is 12.9. The van der Waals surface area contributed by atoms with Crippen molar-refractivity contribution >= 4 is 11.9 Å². The first kappa shape index (κ1) is 16.1. The third kappa shape index (κ3) is 3.30. The van der Waals surface area contributed by atoms with Crippen molar-refractivity contribution in [1.82, 2.24) is 4.90 Å². The molecule has 0 aromatic rings. The minimum Gasteiger partial charge on any atom is -0.481 e. The zero-order valence-electron chi connectivity index (χ0n) is 13.5. The van der Waals surface area contributed by atoms with Crippen LogP contribution in [0.25, 0.3) is 0 Å². The summed E-state index contributed by atoms with van der Waals surface area (Å²) in [5, 5.41) is 9.50. The highest BCUT2D eigenvalue weighted by atomic mass is 16.4. The molecule has 2 aliphatic rings. The predicted molar refractivity (Wildman–Crippen MR) is 81.6 cm³/mol. The highest BCUT2D eigenvalue weighted by Gasteiger charge is 2.52. The smallest absolute Gasteiger partial charge is 0.307 e. The molecule has 1 N–H and O–H groups in total. The lowest BCUT2D eigenvalue weighted by atomic mass is 9.82. The third-order valence-corrected chi connectivity index (χ3v) is 4.51. The topological polar surface area (TPSA) is 57.6 Å². The largest absolute Gasteiger partial charge is 0.481 e. The van der Waals surface area contributed by atoms with Crippen molar-refractivity contribution < 1.29 is 14.7 Å². The van der Waals surface area contributed by atoms with Gasteiger partial charge in [0.05, 0.1) is 11.8 Å². The van der Waals surface area contributed by atoms with Crippen LogP contribution in [0.4, 0.5) is 0 Å². The van der Waals surface area contributed by atoms with Crippen molar-refractivity contribution in [3.05, 3.63) is 12.2 Å². The number of carboxylic acids is 1. The summed E-state index contributed by atoms with van der Waals surface area (Å²) in [5.74, 6) is -0.729. The van der Waals surface area contributed by atoms with Crippen molar-refractivity contribution in [1.29, 1.82) is 0 Å². The van der Waals surface area contributed by atoms with E-state index >= 15 is 0 Å². The summed E-state index contributed by atoms with van der Waals surface area (Å²) < 4.78 is 0. The first-order valence-corrected chi connectivity index (χ1v) is 8.01. The Bertz CT molecular complexity index is 431. The predicted octanol–water partition coefficient (Wildman–Crippen LogP) is 2.65. The van der Waals surface area contributed by atoms with Gasteiger partial charge in [-0.05, 0) is 30.1 Å². The molecule has 4 heteroatoms. The van der Waals surface area contributed by atoms with E-state index < -0.39 is 11.9 Å². The normalized spacial score (nSPS) is 30.4. The molecule has 0 aliphatic heterocycles. The fourth-order valence-corrected chi connectivity index (χ4v) is 3.84. The first-order chi connectivity index (χ1) is 9.81. The number of fused-ring (bicyclic) bond motifs is 2. The zero-order chi connectivity index (χ0) is 15.7. The molecule has 0 aromatic carbocycles. The summed E-state index contributed by atoms with van der Waals surface area (Å²) in [6, 6.07) is 0. The average molecular weight is 293 g/mol. The summed E-state index contributed by atoms with van der Waals surface area (Å²) >= 11 is 0. The van der Waals surface area contributed by atoms with Crippen LogP contribution in [0.1, 0.15) is 34.1 Å². The second kappa shape index (κ2) is 6.20. The molecule has 0 unspecified atom stereocenters. The monoisotopic (exact) mass is 293 g/mol. The van der Waals surface area contributed by atoms with Crippen molar-refractivity contribution in [2.75, 3.05) is 13.1 Å². The molecule has 2 aliphatic carbocycles. The summed E-state index contributed by atoms with van der Waals surface area (Å²) in [6.07, 6.45) is 4.86. The Morgan fingerprint density at radius 1 is 1.05 bits per heavy atom. The third-order valence-electron chi connectivity index (χ3n) is 4.51. The van der Waals surface area contributed by atoms with Gasteiger partial charge < -0.3 is 10.0 Å². The Hall–Kier alpha value is -1.32. The van der Waals surface area contributed by atoms with Gasteiger partial charge in [-0.25, -0.2) is 0 Å². The van der Waals surface area contributed by atoms with Crippen LogP contribution in [0.3, 0.4) is 0 Å². The Morgan fingerprint density at radius 3 is 1.95 bits per heavy atom. The number of carbonyl (C=O) groups is 2. The molecular formula is C17H27NO3. The van der Waals surface area contributed by atoms with E-state index in [9.17, 15) is 14.7 Å². The van der Waals surface area contributed by atoms with Crippen LogP contribution in [-0.4, -0.2) is 35.0 Å². The molecule has 4 nitrogen and oxygen atoms in total. The van der Waals surface area contributed by atoms with Gasteiger partial charge in [-0.15, -0.1) is 0 Å². The second-order valence-electron chi connectivity index (χ2n) is 7.37. The van der Waals surface area contributed by atoms with Crippen LogP contribution in [0.5, 0.6) is 0 Å².